The molecule has 2 heterocycles. The smallest absolute Gasteiger partial charge is 0.259 e. The van der Waals surface area contributed by atoms with Crippen molar-refractivity contribution in [2.45, 2.75) is 32.9 Å². The number of nitrogens with one attached hydrogen (secondary N) is 1. The van der Waals surface area contributed by atoms with Crippen LogP contribution < -0.4 is 10.9 Å². The second-order valence-corrected chi connectivity index (χ2v) is 5.42. The van der Waals surface area contributed by atoms with Gasteiger partial charge in [-0.05, 0) is 30.5 Å². The zero-order valence-corrected chi connectivity index (χ0v) is 11.1. The topological polar surface area (TPSA) is 34.0 Å². The molecule has 0 atom stereocenters. The SMILES string of the molecule is CC(C)NCCCn1ccc2sccc2c1=O. The number of aryl methyl sites for hydroxylation is 1. The first-order valence-corrected chi connectivity index (χ1v) is 6.86. The van der Waals surface area contributed by atoms with Gasteiger partial charge in [0.05, 0.1) is 5.39 Å². The van der Waals surface area contributed by atoms with E-state index in [9.17, 15) is 4.79 Å². The van der Waals surface area contributed by atoms with Gasteiger partial charge in [0, 0.05) is 23.5 Å². The maximum absolute atomic E-state index is 12.1. The maximum atomic E-state index is 12.1. The van der Waals surface area contributed by atoms with Crippen LogP contribution in [0.2, 0.25) is 0 Å². The fraction of sp³-hybridized carbons (Fsp3) is 0.462. The predicted octanol–water partition coefficient (Wildman–Crippen LogP) is 2.45. The zero-order valence-electron chi connectivity index (χ0n) is 10.3. The van der Waals surface area contributed by atoms with Gasteiger partial charge in [-0.1, -0.05) is 13.8 Å². The number of hydrogen-bond acceptors (Lipinski definition) is 3. The summed E-state index contributed by atoms with van der Waals surface area (Å²) in [5.41, 5.74) is 0.133. The van der Waals surface area contributed by atoms with Crippen molar-refractivity contribution in [1.29, 1.82) is 0 Å². The Labute approximate surface area is 105 Å². The highest BCUT2D eigenvalue weighted by atomic mass is 32.1. The number of nitrogens with zero attached hydrogens (tertiary/aromatic N) is 1. The highest BCUT2D eigenvalue weighted by Gasteiger charge is 2.03. The molecule has 0 spiro atoms. The zero-order chi connectivity index (χ0) is 12.3. The number of hydrogen-bond donors (Lipinski definition) is 1. The van der Waals surface area contributed by atoms with Gasteiger partial charge in [0.15, 0.2) is 0 Å². The summed E-state index contributed by atoms with van der Waals surface area (Å²) in [5, 5.41) is 6.16. The molecule has 0 radical (unpaired) electrons. The highest BCUT2D eigenvalue weighted by Crippen LogP contribution is 2.16. The molecule has 0 unspecified atom stereocenters. The van der Waals surface area contributed by atoms with Crippen LogP contribution in [0.3, 0.4) is 0 Å². The molecular formula is C13H18N2OS. The molecule has 4 heteroatoms. The number of aromatic nitrogens is 1. The van der Waals surface area contributed by atoms with Crippen LogP contribution in [-0.2, 0) is 6.54 Å². The van der Waals surface area contributed by atoms with E-state index in [4.69, 9.17) is 0 Å². The molecule has 0 aliphatic carbocycles. The number of fused-ring (bicyclic) bond motifs is 1. The first-order chi connectivity index (χ1) is 8.18. The largest absolute Gasteiger partial charge is 0.315 e. The second kappa shape index (κ2) is 5.47. The van der Waals surface area contributed by atoms with Crippen LogP contribution in [-0.4, -0.2) is 17.2 Å². The maximum Gasteiger partial charge on any atom is 0.259 e. The van der Waals surface area contributed by atoms with Crippen molar-refractivity contribution >= 4 is 21.4 Å². The van der Waals surface area contributed by atoms with Crippen molar-refractivity contribution in [3.8, 4) is 0 Å². The Bertz CT molecular complexity index is 542. The standard InChI is InChI=1S/C13H18N2OS/c1-10(2)14-6-3-7-15-8-4-12-11(13(15)16)5-9-17-12/h4-5,8-10,14H,3,6-7H2,1-2H3. The Morgan fingerprint density at radius 1 is 1.41 bits per heavy atom. The van der Waals surface area contributed by atoms with E-state index in [1.165, 1.54) is 0 Å². The third-order valence-electron chi connectivity index (χ3n) is 2.72. The Morgan fingerprint density at radius 3 is 3.00 bits per heavy atom. The normalized spacial score (nSPS) is 11.5. The van der Waals surface area contributed by atoms with Crippen LogP contribution in [0.15, 0.2) is 28.5 Å². The lowest BCUT2D eigenvalue weighted by Gasteiger charge is -2.09. The molecule has 1 N–H and O–H groups in total. The molecular weight excluding hydrogens is 232 g/mol. The van der Waals surface area contributed by atoms with Crippen molar-refractivity contribution in [3.05, 3.63) is 34.1 Å². The minimum atomic E-state index is 0.133. The fourth-order valence-corrected chi connectivity index (χ4v) is 2.60. The number of thiophene rings is 1. The monoisotopic (exact) mass is 250 g/mol. The van der Waals surface area contributed by atoms with Crippen LogP contribution in [0.4, 0.5) is 0 Å². The molecule has 2 aromatic rings. The second-order valence-electron chi connectivity index (χ2n) is 4.48. The molecule has 0 fully saturated rings. The van der Waals surface area contributed by atoms with Gasteiger partial charge in [-0.3, -0.25) is 4.79 Å². The molecule has 3 nitrogen and oxygen atoms in total. The molecule has 0 saturated heterocycles. The molecule has 0 bridgehead atoms. The van der Waals surface area contributed by atoms with Crippen molar-refractivity contribution in [1.82, 2.24) is 9.88 Å². The molecule has 17 heavy (non-hydrogen) atoms. The summed E-state index contributed by atoms with van der Waals surface area (Å²) in [4.78, 5) is 12.1. The summed E-state index contributed by atoms with van der Waals surface area (Å²) < 4.78 is 2.88. The summed E-state index contributed by atoms with van der Waals surface area (Å²) in [6.45, 7) is 5.99. The summed E-state index contributed by atoms with van der Waals surface area (Å²) in [5.74, 6) is 0. The van der Waals surface area contributed by atoms with Gasteiger partial charge in [-0.15, -0.1) is 11.3 Å². The lowest BCUT2D eigenvalue weighted by molar-refractivity contribution is 0.531. The summed E-state index contributed by atoms with van der Waals surface area (Å²) >= 11 is 1.62. The van der Waals surface area contributed by atoms with E-state index in [2.05, 4.69) is 19.2 Å². The summed E-state index contributed by atoms with van der Waals surface area (Å²) in [6.07, 6.45) is 2.88. The lowest BCUT2D eigenvalue weighted by atomic mass is 10.3. The molecule has 0 saturated carbocycles. The quantitative estimate of drug-likeness (QED) is 0.827. The average molecular weight is 250 g/mol. The van der Waals surface area contributed by atoms with Crippen molar-refractivity contribution in [2.24, 2.45) is 0 Å². The lowest BCUT2D eigenvalue weighted by Crippen LogP contribution is -2.26. The van der Waals surface area contributed by atoms with E-state index in [-0.39, 0.29) is 5.56 Å². The van der Waals surface area contributed by atoms with E-state index in [0.29, 0.717) is 6.04 Å². The molecule has 2 rings (SSSR count). The van der Waals surface area contributed by atoms with Gasteiger partial charge in [0.2, 0.25) is 0 Å². The molecule has 2 aromatic heterocycles. The molecule has 0 aliphatic heterocycles. The molecule has 0 aromatic carbocycles. The van der Waals surface area contributed by atoms with Crippen molar-refractivity contribution in [2.75, 3.05) is 6.54 Å². The van der Waals surface area contributed by atoms with Gasteiger partial charge in [0.1, 0.15) is 0 Å². The van der Waals surface area contributed by atoms with Gasteiger partial charge < -0.3 is 9.88 Å². The van der Waals surface area contributed by atoms with Crippen LogP contribution in [0.5, 0.6) is 0 Å². The Morgan fingerprint density at radius 2 is 2.24 bits per heavy atom. The number of rotatable bonds is 5. The minimum Gasteiger partial charge on any atom is -0.315 e. The third-order valence-corrected chi connectivity index (χ3v) is 3.60. The summed E-state index contributed by atoms with van der Waals surface area (Å²) in [7, 11) is 0. The number of pyridine rings is 1. The summed E-state index contributed by atoms with van der Waals surface area (Å²) in [6, 6.07) is 4.44. The van der Waals surface area contributed by atoms with E-state index >= 15 is 0 Å². The highest BCUT2D eigenvalue weighted by molar-refractivity contribution is 7.17. The first-order valence-electron chi connectivity index (χ1n) is 5.98. The molecule has 0 aliphatic rings. The third kappa shape index (κ3) is 2.96. The fourth-order valence-electron chi connectivity index (χ4n) is 1.82. The minimum absolute atomic E-state index is 0.133. The van der Waals surface area contributed by atoms with E-state index < -0.39 is 0 Å². The van der Waals surface area contributed by atoms with Crippen LogP contribution >= 0.6 is 11.3 Å². The van der Waals surface area contributed by atoms with E-state index in [1.54, 1.807) is 15.9 Å². The van der Waals surface area contributed by atoms with Crippen LogP contribution in [0.1, 0.15) is 20.3 Å². The Hall–Kier alpha value is -1.13. The van der Waals surface area contributed by atoms with Gasteiger partial charge in [-0.25, -0.2) is 0 Å². The predicted molar refractivity (Wildman–Crippen MR) is 73.8 cm³/mol. The Kier molecular flexibility index (Phi) is 3.97. The van der Waals surface area contributed by atoms with Crippen LogP contribution in [0, 0.1) is 0 Å². The van der Waals surface area contributed by atoms with Crippen molar-refractivity contribution < 1.29 is 0 Å². The first kappa shape index (κ1) is 12.3. The average Bonchev–Trinajstić information content (AvgIpc) is 2.75. The van der Waals surface area contributed by atoms with Gasteiger partial charge in [0.25, 0.3) is 5.56 Å². The van der Waals surface area contributed by atoms with Crippen molar-refractivity contribution in [3.63, 3.8) is 0 Å². The Balaban J connectivity index is 2.04. The van der Waals surface area contributed by atoms with Gasteiger partial charge in [-0.2, -0.15) is 0 Å². The van der Waals surface area contributed by atoms with E-state index in [1.807, 2.05) is 23.7 Å². The molecule has 92 valence electrons. The van der Waals surface area contributed by atoms with Gasteiger partial charge >= 0.3 is 0 Å². The van der Waals surface area contributed by atoms with Crippen LogP contribution in [0.25, 0.3) is 10.1 Å². The van der Waals surface area contributed by atoms with E-state index in [0.717, 1.165) is 29.6 Å². The molecule has 0 amide bonds.